The van der Waals surface area contributed by atoms with Gasteiger partial charge in [0.15, 0.2) is 0 Å². The minimum absolute atomic E-state index is 1.13. The van der Waals surface area contributed by atoms with Crippen LogP contribution in [0.3, 0.4) is 0 Å². The summed E-state index contributed by atoms with van der Waals surface area (Å²) in [7, 11) is 0. The van der Waals surface area contributed by atoms with Crippen LogP contribution in [0, 0.1) is 0 Å². The van der Waals surface area contributed by atoms with Gasteiger partial charge in [0.1, 0.15) is 0 Å². The van der Waals surface area contributed by atoms with Crippen LogP contribution in [-0.4, -0.2) is 4.98 Å². The van der Waals surface area contributed by atoms with Crippen molar-refractivity contribution in [2.75, 3.05) is 0 Å². The van der Waals surface area contributed by atoms with E-state index in [1.165, 1.54) is 24.0 Å². The smallest absolute Gasteiger partial charge is 0.0299 e. The minimum Gasteiger partial charge on any atom is -0.264 e. The molecule has 1 aromatic carbocycles. The Balaban J connectivity index is 1.71. The monoisotopic (exact) mass is 289 g/mol. The first-order chi connectivity index (χ1) is 8.34. The molecule has 0 radical (unpaired) electrons. The van der Waals surface area contributed by atoms with Gasteiger partial charge in [-0.1, -0.05) is 34.1 Å². The molecule has 1 nitrogen and oxygen atoms in total. The van der Waals surface area contributed by atoms with Gasteiger partial charge < -0.3 is 0 Å². The topological polar surface area (TPSA) is 12.9 Å². The number of nitrogens with zero attached hydrogens (tertiary/aromatic N) is 1. The van der Waals surface area contributed by atoms with E-state index in [1.807, 2.05) is 18.5 Å². The molecule has 0 bridgehead atoms. The van der Waals surface area contributed by atoms with E-state index in [9.17, 15) is 0 Å². The third-order valence-corrected chi connectivity index (χ3v) is 3.35. The first-order valence-electron chi connectivity index (χ1n) is 5.98. The van der Waals surface area contributed by atoms with Gasteiger partial charge in [0.2, 0.25) is 0 Å². The Morgan fingerprint density at radius 2 is 1.59 bits per heavy atom. The second kappa shape index (κ2) is 6.55. The van der Waals surface area contributed by atoms with E-state index in [0.717, 1.165) is 17.3 Å². The molecule has 1 aromatic heterocycles. The van der Waals surface area contributed by atoms with Gasteiger partial charge in [-0.2, -0.15) is 0 Å². The molecule has 88 valence electrons. The van der Waals surface area contributed by atoms with E-state index in [2.05, 4.69) is 51.2 Å². The Morgan fingerprint density at radius 1 is 0.882 bits per heavy atom. The quantitative estimate of drug-likeness (QED) is 0.743. The van der Waals surface area contributed by atoms with E-state index < -0.39 is 0 Å². The van der Waals surface area contributed by atoms with Gasteiger partial charge in [0.05, 0.1) is 0 Å². The summed E-state index contributed by atoms with van der Waals surface area (Å²) in [5, 5.41) is 0. The molecule has 0 spiro atoms. The van der Waals surface area contributed by atoms with E-state index in [-0.39, 0.29) is 0 Å². The predicted octanol–water partition coefficient (Wildman–Crippen LogP) is 4.41. The summed E-state index contributed by atoms with van der Waals surface area (Å²) in [6.45, 7) is 0. The van der Waals surface area contributed by atoms with Gasteiger partial charge in [-0.3, -0.25) is 4.98 Å². The molecule has 0 N–H and O–H groups in total. The molecule has 2 heteroatoms. The molecule has 17 heavy (non-hydrogen) atoms. The lowest BCUT2D eigenvalue weighted by molar-refractivity contribution is 0.732. The zero-order valence-corrected chi connectivity index (χ0v) is 11.4. The summed E-state index contributed by atoms with van der Waals surface area (Å²) in [5.41, 5.74) is 2.75. The lowest BCUT2D eigenvalue weighted by atomic mass is 10.0. The third kappa shape index (κ3) is 4.31. The van der Waals surface area contributed by atoms with Crippen LogP contribution in [0.5, 0.6) is 0 Å². The fraction of sp³-hybridized carbons (Fsp3) is 0.267. The number of rotatable bonds is 5. The maximum atomic E-state index is 4.13. The third-order valence-electron chi connectivity index (χ3n) is 2.82. The molecule has 0 fully saturated rings. The number of hydrogen-bond donors (Lipinski definition) is 0. The summed E-state index contributed by atoms with van der Waals surface area (Å²) < 4.78 is 1.15. The molecular weight excluding hydrogens is 274 g/mol. The fourth-order valence-corrected chi connectivity index (χ4v) is 2.12. The van der Waals surface area contributed by atoms with E-state index in [0.29, 0.717) is 0 Å². The predicted molar refractivity (Wildman–Crippen MR) is 75.0 cm³/mol. The minimum atomic E-state index is 1.13. The number of hydrogen-bond acceptors (Lipinski definition) is 1. The molecule has 0 saturated heterocycles. The van der Waals surface area contributed by atoms with Gasteiger partial charge in [0.25, 0.3) is 0 Å². The second-order valence-corrected chi connectivity index (χ2v) is 5.11. The zero-order valence-electron chi connectivity index (χ0n) is 9.77. The van der Waals surface area contributed by atoms with Crippen LogP contribution in [0.25, 0.3) is 0 Å². The van der Waals surface area contributed by atoms with Crippen molar-refractivity contribution < 1.29 is 0 Å². The Morgan fingerprint density at radius 3 is 2.24 bits per heavy atom. The van der Waals surface area contributed by atoms with Crippen molar-refractivity contribution in [2.24, 2.45) is 0 Å². The van der Waals surface area contributed by atoms with Crippen LogP contribution >= 0.6 is 15.9 Å². The van der Waals surface area contributed by atoms with Crippen molar-refractivity contribution in [3.05, 3.63) is 64.4 Å². The highest BCUT2D eigenvalue weighted by molar-refractivity contribution is 9.10. The molecular formula is C15H16BrN. The van der Waals surface area contributed by atoms with Crippen LogP contribution in [0.2, 0.25) is 0 Å². The lowest BCUT2D eigenvalue weighted by Gasteiger charge is -2.02. The summed E-state index contributed by atoms with van der Waals surface area (Å²) in [4.78, 5) is 4.13. The molecule has 0 unspecified atom stereocenters. The average Bonchev–Trinajstić information content (AvgIpc) is 2.38. The largest absolute Gasteiger partial charge is 0.264 e. The Hall–Kier alpha value is -1.15. The van der Waals surface area contributed by atoms with Crippen molar-refractivity contribution in [1.82, 2.24) is 4.98 Å². The molecule has 0 aliphatic carbocycles. The molecule has 0 aliphatic heterocycles. The van der Waals surface area contributed by atoms with Crippen LogP contribution < -0.4 is 0 Å². The molecule has 0 aliphatic rings. The summed E-state index contributed by atoms with van der Waals surface area (Å²) in [5.74, 6) is 0. The van der Waals surface area contributed by atoms with Crippen molar-refractivity contribution in [3.8, 4) is 0 Å². The van der Waals surface area contributed by atoms with Crippen molar-refractivity contribution in [3.63, 3.8) is 0 Å². The summed E-state index contributed by atoms with van der Waals surface area (Å²) in [6.07, 6.45) is 8.53. The first-order valence-corrected chi connectivity index (χ1v) is 6.77. The Kier molecular flexibility index (Phi) is 4.75. The number of aryl methyl sites for hydroxylation is 2. The SMILES string of the molecule is Brc1ccc(CCCCc2cccnc2)cc1. The average molecular weight is 290 g/mol. The molecule has 0 saturated carbocycles. The van der Waals surface area contributed by atoms with Gasteiger partial charge in [-0.05, 0) is 55.0 Å². The highest BCUT2D eigenvalue weighted by atomic mass is 79.9. The van der Waals surface area contributed by atoms with E-state index in [1.54, 1.807) is 0 Å². The number of aromatic nitrogens is 1. The highest BCUT2D eigenvalue weighted by Crippen LogP contribution is 2.13. The van der Waals surface area contributed by atoms with E-state index in [4.69, 9.17) is 0 Å². The van der Waals surface area contributed by atoms with Crippen molar-refractivity contribution >= 4 is 15.9 Å². The van der Waals surface area contributed by atoms with Crippen molar-refractivity contribution in [2.45, 2.75) is 25.7 Å². The molecule has 2 aromatic rings. The Labute approximate surface area is 111 Å². The highest BCUT2D eigenvalue weighted by Gasteiger charge is 1.95. The van der Waals surface area contributed by atoms with Crippen LogP contribution in [0.4, 0.5) is 0 Å². The number of halogens is 1. The van der Waals surface area contributed by atoms with Gasteiger partial charge >= 0.3 is 0 Å². The van der Waals surface area contributed by atoms with Gasteiger partial charge in [0, 0.05) is 16.9 Å². The van der Waals surface area contributed by atoms with Crippen molar-refractivity contribution in [1.29, 1.82) is 0 Å². The fourth-order valence-electron chi connectivity index (χ4n) is 1.86. The molecule has 2 rings (SSSR count). The maximum absolute atomic E-state index is 4.13. The molecule has 0 amide bonds. The lowest BCUT2D eigenvalue weighted by Crippen LogP contribution is -1.89. The second-order valence-electron chi connectivity index (χ2n) is 4.19. The van der Waals surface area contributed by atoms with Crippen LogP contribution in [0.1, 0.15) is 24.0 Å². The number of unbranched alkanes of at least 4 members (excludes halogenated alkanes) is 1. The first kappa shape index (κ1) is 12.3. The number of pyridine rings is 1. The summed E-state index contributed by atoms with van der Waals surface area (Å²) >= 11 is 3.45. The standard InChI is InChI=1S/C15H16BrN/c16-15-9-7-13(8-10-15)4-1-2-5-14-6-3-11-17-12-14/h3,6-12H,1-2,4-5H2. The Bertz CT molecular complexity index is 436. The maximum Gasteiger partial charge on any atom is 0.0299 e. The molecule has 0 atom stereocenters. The normalized spacial score (nSPS) is 10.4. The van der Waals surface area contributed by atoms with E-state index >= 15 is 0 Å². The molecule has 1 heterocycles. The van der Waals surface area contributed by atoms with Gasteiger partial charge in [-0.15, -0.1) is 0 Å². The van der Waals surface area contributed by atoms with Gasteiger partial charge in [-0.25, -0.2) is 0 Å². The summed E-state index contributed by atoms with van der Waals surface area (Å²) in [6, 6.07) is 12.7. The zero-order chi connectivity index (χ0) is 11.9. The van der Waals surface area contributed by atoms with Crippen LogP contribution in [-0.2, 0) is 12.8 Å². The number of benzene rings is 1. The van der Waals surface area contributed by atoms with Crippen LogP contribution in [0.15, 0.2) is 53.3 Å².